The third-order valence-electron chi connectivity index (χ3n) is 3.17. The molecule has 0 aliphatic heterocycles. The fourth-order valence-electron chi connectivity index (χ4n) is 2.08. The van der Waals surface area contributed by atoms with Gasteiger partial charge in [0.1, 0.15) is 5.75 Å². The van der Waals surface area contributed by atoms with Gasteiger partial charge in [0.25, 0.3) is 0 Å². The van der Waals surface area contributed by atoms with Crippen molar-refractivity contribution < 1.29 is 14.3 Å². The number of benzene rings is 2. The summed E-state index contributed by atoms with van der Waals surface area (Å²) >= 11 is 3.46. The summed E-state index contributed by atoms with van der Waals surface area (Å²) in [6.45, 7) is 4.02. The van der Waals surface area contributed by atoms with Crippen molar-refractivity contribution >= 4 is 34.1 Å². The van der Waals surface area contributed by atoms with Crippen molar-refractivity contribution in [2.45, 2.75) is 13.8 Å². The molecule has 0 amide bonds. The van der Waals surface area contributed by atoms with Crippen molar-refractivity contribution in [3.8, 4) is 5.75 Å². The number of halogens is 1. The van der Waals surface area contributed by atoms with E-state index in [-0.39, 0.29) is 12.6 Å². The number of hydrogen-bond donors (Lipinski definition) is 0. The van der Waals surface area contributed by atoms with Gasteiger partial charge in [-0.25, -0.2) is 4.79 Å². The van der Waals surface area contributed by atoms with Crippen LogP contribution in [0.2, 0.25) is 0 Å². The maximum atomic E-state index is 11.3. The smallest absolute Gasteiger partial charge is 0.344 e. The molecule has 120 valence electrons. The van der Waals surface area contributed by atoms with Crippen molar-refractivity contribution in [3.63, 3.8) is 0 Å². The summed E-state index contributed by atoms with van der Waals surface area (Å²) in [4.78, 5) is 11.3. The van der Waals surface area contributed by atoms with Crippen molar-refractivity contribution in [1.29, 1.82) is 0 Å². The molecule has 0 radical (unpaired) electrons. The van der Waals surface area contributed by atoms with Crippen molar-refractivity contribution in [3.05, 3.63) is 63.6 Å². The Morgan fingerprint density at radius 2 is 1.87 bits per heavy atom. The maximum Gasteiger partial charge on any atom is 0.344 e. The first kappa shape index (κ1) is 17.3. The molecular weight excluding hydrogens is 356 g/mol. The normalized spacial score (nSPS) is 10.7. The van der Waals surface area contributed by atoms with E-state index in [1.165, 1.54) is 0 Å². The number of hydrogen-bond acceptors (Lipinski definition) is 3. The largest absolute Gasteiger partial charge is 0.482 e. The zero-order chi connectivity index (χ0) is 16.7. The van der Waals surface area contributed by atoms with E-state index in [1.54, 1.807) is 6.92 Å². The second-order valence-electron chi connectivity index (χ2n) is 5.01. The first-order valence-electron chi connectivity index (χ1n) is 7.41. The van der Waals surface area contributed by atoms with Crippen LogP contribution in [-0.4, -0.2) is 19.2 Å². The SMILES string of the molecule is CCOC(=O)COc1ccc(/C=C/c2cccc(Br)c2)cc1C. The van der Waals surface area contributed by atoms with Crippen LogP contribution in [0.4, 0.5) is 0 Å². The molecular formula is C19H19BrO3. The Morgan fingerprint density at radius 1 is 1.13 bits per heavy atom. The van der Waals surface area contributed by atoms with Gasteiger partial charge in [-0.05, 0) is 54.8 Å². The summed E-state index contributed by atoms with van der Waals surface area (Å²) < 4.78 is 11.4. The molecule has 2 aromatic carbocycles. The highest BCUT2D eigenvalue weighted by Crippen LogP contribution is 2.21. The number of esters is 1. The molecule has 23 heavy (non-hydrogen) atoms. The molecule has 3 nitrogen and oxygen atoms in total. The molecule has 0 aliphatic rings. The van der Waals surface area contributed by atoms with Crippen molar-refractivity contribution in [2.75, 3.05) is 13.2 Å². The Morgan fingerprint density at radius 3 is 2.52 bits per heavy atom. The molecule has 0 N–H and O–H groups in total. The van der Waals surface area contributed by atoms with E-state index in [1.807, 2.05) is 49.4 Å². The van der Waals surface area contributed by atoms with Crippen molar-refractivity contribution in [2.24, 2.45) is 0 Å². The number of rotatable bonds is 6. The van der Waals surface area contributed by atoms with Crippen LogP contribution >= 0.6 is 15.9 Å². The lowest BCUT2D eigenvalue weighted by molar-refractivity contribution is -0.145. The van der Waals surface area contributed by atoms with Gasteiger partial charge < -0.3 is 9.47 Å². The van der Waals surface area contributed by atoms with E-state index < -0.39 is 0 Å². The van der Waals surface area contributed by atoms with E-state index in [0.717, 1.165) is 21.2 Å². The molecule has 0 aromatic heterocycles. The van der Waals surface area contributed by atoms with Crippen LogP contribution in [0.3, 0.4) is 0 Å². The van der Waals surface area contributed by atoms with Crippen LogP contribution in [0.15, 0.2) is 46.9 Å². The summed E-state index contributed by atoms with van der Waals surface area (Å²) in [7, 11) is 0. The first-order chi connectivity index (χ1) is 11.1. The number of aryl methyl sites for hydroxylation is 1. The van der Waals surface area contributed by atoms with Gasteiger partial charge in [0.05, 0.1) is 6.61 Å². The summed E-state index contributed by atoms with van der Waals surface area (Å²) in [5, 5.41) is 0. The van der Waals surface area contributed by atoms with Gasteiger partial charge in [-0.15, -0.1) is 0 Å². The lowest BCUT2D eigenvalue weighted by Gasteiger charge is -2.09. The minimum Gasteiger partial charge on any atom is -0.482 e. The molecule has 0 bridgehead atoms. The van der Waals surface area contributed by atoms with E-state index in [0.29, 0.717) is 12.4 Å². The molecule has 0 unspecified atom stereocenters. The Labute approximate surface area is 145 Å². The molecule has 2 aromatic rings. The summed E-state index contributed by atoms with van der Waals surface area (Å²) in [5.41, 5.74) is 3.18. The van der Waals surface area contributed by atoms with Gasteiger partial charge in [0.2, 0.25) is 0 Å². The average molecular weight is 375 g/mol. The fraction of sp³-hybridized carbons (Fsp3) is 0.211. The van der Waals surface area contributed by atoms with E-state index >= 15 is 0 Å². The third kappa shape index (κ3) is 5.57. The Bertz CT molecular complexity index is 708. The van der Waals surface area contributed by atoms with Crippen LogP contribution in [-0.2, 0) is 9.53 Å². The van der Waals surface area contributed by atoms with E-state index in [4.69, 9.17) is 9.47 Å². The van der Waals surface area contributed by atoms with Crippen LogP contribution < -0.4 is 4.74 Å². The van der Waals surface area contributed by atoms with Crippen molar-refractivity contribution in [1.82, 2.24) is 0 Å². The standard InChI is InChI=1S/C19H19BrO3/c1-3-22-19(21)13-23-18-10-9-16(11-14(18)2)8-7-15-5-4-6-17(20)12-15/h4-12H,3,13H2,1-2H3/b8-7+. The monoisotopic (exact) mass is 374 g/mol. The molecule has 4 heteroatoms. The van der Waals surface area contributed by atoms with Gasteiger partial charge >= 0.3 is 5.97 Å². The highest BCUT2D eigenvalue weighted by molar-refractivity contribution is 9.10. The zero-order valence-electron chi connectivity index (χ0n) is 13.2. The van der Waals surface area contributed by atoms with Crippen LogP contribution in [0.25, 0.3) is 12.2 Å². The fourth-order valence-corrected chi connectivity index (χ4v) is 2.50. The Balaban J connectivity index is 2.02. The molecule has 0 atom stereocenters. The van der Waals surface area contributed by atoms with Gasteiger partial charge in [0.15, 0.2) is 6.61 Å². The topological polar surface area (TPSA) is 35.5 Å². The summed E-state index contributed by atoms with van der Waals surface area (Å²) in [5.74, 6) is 0.336. The average Bonchev–Trinajstić information content (AvgIpc) is 2.52. The quantitative estimate of drug-likeness (QED) is 0.534. The molecule has 0 saturated carbocycles. The van der Waals surface area contributed by atoms with Crippen LogP contribution in [0.5, 0.6) is 5.75 Å². The van der Waals surface area contributed by atoms with E-state index in [2.05, 4.69) is 28.1 Å². The minimum atomic E-state index is -0.356. The van der Waals surface area contributed by atoms with Crippen LogP contribution in [0.1, 0.15) is 23.6 Å². The second-order valence-corrected chi connectivity index (χ2v) is 5.92. The number of ether oxygens (including phenoxy) is 2. The van der Waals surface area contributed by atoms with Gasteiger partial charge in [-0.3, -0.25) is 0 Å². The second kappa shape index (κ2) is 8.53. The zero-order valence-corrected chi connectivity index (χ0v) is 14.8. The molecule has 0 saturated heterocycles. The summed E-state index contributed by atoms with van der Waals surface area (Å²) in [6, 6.07) is 14.0. The highest BCUT2D eigenvalue weighted by atomic mass is 79.9. The molecule has 0 spiro atoms. The molecule has 0 heterocycles. The molecule has 0 aliphatic carbocycles. The van der Waals surface area contributed by atoms with Gasteiger partial charge in [0, 0.05) is 4.47 Å². The Kier molecular flexibility index (Phi) is 6.41. The lowest BCUT2D eigenvalue weighted by atomic mass is 10.1. The Hall–Kier alpha value is -2.07. The van der Waals surface area contributed by atoms with E-state index in [9.17, 15) is 4.79 Å². The number of carbonyl (C=O) groups excluding carboxylic acids is 1. The van der Waals surface area contributed by atoms with Gasteiger partial charge in [-0.2, -0.15) is 0 Å². The molecule has 0 fully saturated rings. The highest BCUT2D eigenvalue weighted by Gasteiger charge is 2.05. The first-order valence-corrected chi connectivity index (χ1v) is 8.20. The molecule has 2 rings (SSSR count). The maximum absolute atomic E-state index is 11.3. The number of carbonyl (C=O) groups is 1. The predicted molar refractivity (Wildman–Crippen MR) is 96.4 cm³/mol. The summed E-state index contributed by atoms with van der Waals surface area (Å²) in [6.07, 6.45) is 4.10. The van der Waals surface area contributed by atoms with Gasteiger partial charge in [-0.1, -0.05) is 46.3 Å². The van der Waals surface area contributed by atoms with Crippen LogP contribution in [0, 0.1) is 6.92 Å². The third-order valence-corrected chi connectivity index (χ3v) is 3.66. The minimum absolute atomic E-state index is 0.0676. The predicted octanol–water partition coefficient (Wildman–Crippen LogP) is 4.87. The lowest BCUT2D eigenvalue weighted by Crippen LogP contribution is -2.14.